The van der Waals surface area contributed by atoms with E-state index in [4.69, 9.17) is 0 Å². The van der Waals surface area contributed by atoms with Gasteiger partial charge in [0, 0.05) is 30.2 Å². The molecule has 0 aliphatic rings. The number of hydrogen-bond donors (Lipinski definition) is 2. The van der Waals surface area contributed by atoms with Crippen molar-refractivity contribution >= 4 is 29.0 Å². The van der Waals surface area contributed by atoms with Crippen LogP contribution in [-0.4, -0.2) is 36.9 Å². The van der Waals surface area contributed by atoms with E-state index < -0.39 is 6.04 Å². The highest BCUT2D eigenvalue weighted by atomic mass is 16.2. The first-order valence-corrected chi connectivity index (χ1v) is 8.59. The van der Waals surface area contributed by atoms with Crippen molar-refractivity contribution in [3.8, 4) is 0 Å². The lowest BCUT2D eigenvalue weighted by Crippen LogP contribution is -2.24. The summed E-state index contributed by atoms with van der Waals surface area (Å²) in [6.45, 7) is 3.17. The number of anilines is 2. The summed E-state index contributed by atoms with van der Waals surface area (Å²) in [6.07, 6.45) is 4.46. The fourth-order valence-electron chi connectivity index (χ4n) is 2.60. The Morgan fingerprint density at radius 3 is 2.25 bits per heavy atom. The van der Waals surface area contributed by atoms with Crippen LogP contribution in [0.4, 0.5) is 11.4 Å². The molecular weight excluding hydrogens is 360 g/mol. The number of nitrogens with one attached hydrogen (secondary N) is 2. The second-order valence-corrected chi connectivity index (χ2v) is 6.35. The smallest absolute Gasteiger partial charge is 0.272 e. The summed E-state index contributed by atoms with van der Waals surface area (Å²) in [5, 5.41) is 9.50. The monoisotopic (exact) mass is 380 g/mol. The Bertz CT molecular complexity index is 1000. The highest BCUT2D eigenvalue weighted by Gasteiger charge is 2.16. The third-order valence-corrected chi connectivity index (χ3v) is 4.27. The summed E-state index contributed by atoms with van der Waals surface area (Å²) in [7, 11) is 1.70. The van der Waals surface area contributed by atoms with Crippen LogP contribution in [0, 0.1) is 0 Å². The van der Waals surface area contributed by atoms with Gasteiger partial charge in [0.1, 0.15) is 24.4 Å². The molecule has 1 atom stereocenters. The van der Waals surface area contributed by atoms with Crippen molar-refractivity contribution in [2.24, 2.45) is 7.05 Å². The van der Waals surface area contributed by atoms with Crippen LogP contribution in [0.2, 0.25) is 0 Å². The van der Waals surface area contributed by atoms with Crippen LogP contribution in [0.1, 0.15) is 40.7 Å². The maximum atomic E-state index is 12.4. The van der Waals surface area contributed by atoms with E-state index in [1.165, 1.54) is 24.3 Å². The number of nitrogens with zero attached hydrogens (tertiary/aromatic N) is 4. The molecule has 0 spiro atoms. The summed E-state index contributed by atoms with van der Waals surface area (Å²) in [5.41, 5.74) is 2.02. The third-order valence-electron chi connectivity index (χ3n) is 4.27. The molecule has 2 amide bonds. The molecule has 0 saturated carbocycles. The first kappa shape index (κ1) is 19.0. The number of hydrogen-bond acceptors (Lipinski definition) is 5. The Morgan fingerprint density at radius 1 is 1.07 bits per heavy atom. The number of Topliss-reactive ketones (excluding diaryl/α,β-unsaturated/α-hetero) is 1. The Morgan fingerprint density at radius 2 is 1.71 bits per heavy atom. The van der Waals surface area contributed by atoms with E-state index in [-0.39, 0.29) is 17.6 Å². The number of aryl methyl sites for hydroxylation is 1. The molecule has 2 heterocycles. The van der Waals surface area contributed by atoms with Gasteiger partial charge in [-0.05, 0) is 44.2 Å². The molecule has 2 aromatic heterocycles. The van der Waals surface area contributed by atoms with Gasteiger partial charge in [-0.3, -0.25) is 14.4 Å². The van der Waals surface area contributed by atoms with Crippen molar-refractivity contribution < 1.29 is 14.4 Å². The number of rotatable bonds is 6. The highest BCUT2D eigenvalue weighted by molar-refractivity contribution is 6.05. The summed E-state index contributed by atoms with van der Waals surface area (Å²) in [4.78, 5) is 40.0. The van der Waals surface area contributed by atoms with Crippen molar-refractivity contribution in [1.82, 2.24) is 19.3 Å². The van der Waals surface area contributed by atoms with Crippen molar-refractivity contribution in [2.45, 2.75) is 19.9 Å². The maximum Gasteiger partial charge on any atom is 0.272 e. The van der Waals surface area contributed by atoms with Crippen LogP contribution in [0.5, 0.6) is 0 Å². The number of benzene rings is 1. The van der Waals surface area contributed by atoms with Crippen LogP contribution in [0.3, 0.4) is 0 Å². The first-order valence-electron chi connectivity index (χ1n) is 8.59. The van der Waals surface area contributed by atoms with Gasteiger partial charge in [0.15, 0.2) is 5.78 Å². The fourth-order valence-corrected chi connectivity index (χ4v) is 2.60. The topological polar surface area (TPSA) is 111 Å². The van der Waals surface area contributed by atoms with E-state index >= 15 is 0 Å². The molecule has 0 saturated heterocycles. The van der Waals surface area contributed by atoms with Gasteiger partial charge < -0.3 is 15.2 Å². The lowest BCUT2D eigenvalue weighted by molar-refractivity contribution is -0.119. The summed E-state index contributed by atoms with van der Waals surface area (Å²) < 4.78 is 3.06. The molecule has 1 aromatic carbocycles. The van der Waals surface area contributed by atoms with Crippen LogP contribution >= 0.6 is 0 Å². The Kier molecular flexibility index (Phi) is 5.35. The first-order chi connectivity index (χ1) is 13.3. The second kappa shape index (κ2) is 7.87. The van der Waals surface area contributed by atoms with Crippen molar-refractivity contribution in [1.29, 1.82) is 0 Å². The van der Waals surface area contributed by atoms with E-state index in [0.29, 0.717) is 22.6 Å². The van der Waals surface area contributed by atoms with Gasteiger partial charge >= 0.3 is 0 Å². The average molecular weight is 380 g/mol. The Labute approximate surface area is 161 Å². The van der Waals surface area contributed by atoms with Gasteiger partial charge in [0.25, 0.3) is 5.91 Å². The molecular formula is C19H20N6O3. The Hall–Kier alpha value is -3.75. The molecule has 0 bridgehead atoms. The zero-order chi connectivity index (χ0) is 20.3. The summed E-state index contributed by atoms with van der Waals surface area (Å²) in [5.74, 6) is -0.663. The molecule has 0 aliphatic carbocycles. The van der Waals surface area contributed by atoms with Gasteiger partial charge in [0.05, 0.1) is 0 Å². The molecule has 0 aliphatic heterocycles. The maximum absolute atomic E-state index is 12.4. The predicted molar refractivity (Wildman–Crippen MR) is 103 cm³/mol. The van der Waals surface area contributed by atoms with E-state index in [1.54, 1.807) is 55.1 Å². The molecule has 0 fully saturated rings. The van der Waals surface area contributed by atoms with Crippen LogP contribution in [-0.2, 0) is 11.8 Å². The average Bonchev–Trinajstić information content (AvgIpc) is 3.32. The molecule has 9 heteroatoms. The van der Waals surface area contributed by atoms with E-state index in [2.05, 4.69) is 20.7 Å². The third kappa shape index (κ3) is 4.14. The largest absolute Gasteiger partial charge is 0.346 e. The molecule has 144 valence electrons. The molecule has 1 unspecified atom stereocenters. The number of ketones is 1. The zero-order valence-electron chi connectivity index (χ0n) is 15.7. The van der Waals surface area contributed by atoms with Crippen molar-refractivity contribution in [3.63, 3.8) is 0 Å². The molecule has 3 rings (SSSR count). The van der Waals surface area contributed by atoms with Crippen LogP contribution in [0.25, 0.3) is 0 Å². The van der Waals surface area contributed by atoms with Gasteiger partial charge in [-0.25, -0.2) is 9.67 Å². The molecule has 9 nitrogen and oxygen atoms in total. The molecule has 3 aromatic rings. The van der Waals surface area contributed by atoms with Crippen molar-refractivity contribution in [3.05, 3.63) is 60.4 Å². The van der Waals surface area contributed by atoms with Gasteiger partial charge in [-0.2, -0.15) is 5.10 Å². The van der Waals surface area contributed by atoms with Gasteiger partial charge in [0.2, 0.25) is 5.91 Å². The standard InChI is InChI=1S/C19H20N6O3/c1-12(25-11-20-10-21-25)18(27)22-15-4-6-16(7-5-15)23-19(28)17-8-14(13(2)26)9-24(17)3/h4-12H,1-3H3,(H,22,27)(H,23,28). The number of carbonyl (C=O) groups excluding carboxylic acids is 3. The predicted octanol–water partition coefficient (Wildman–Crippen LogP) is 2.27. The van der Waals surface area contributed by atoms with E-state index in [0.717, 1.165) is 0 Å². The highest BCUT2D eigenvalue weighted by Crippen LogP contribution is 2.17. The van der Waals surface area contributed by atoms with Gasteiger partial charge in [-0.1, -0.05) is 0 Å². The quantitative estimate of drug-likeness (QED) is 0.637. The van der Waals surface area contributed by atoms with Gasteiger partial charge in [-0.15, -0.1) is 0 Å². The SMILES string of the molecule is CC(=O)c1cc(C(=O)Nc2ccc(NC(=O)C(C)n3cncn3)cc2)n(C)c1. The number of aromatic nitrogens is 4. The van der Waals surface area contributed by atoms with Crippen molar-refractivity contribution in [2.75, 3.05) is 10.6 Å². The summed E-state index contributed by atoms with van der Waals surface area (Å²) >= 11 is 0. The van der Waals surface area contributed by atoms with E-state index in [1.807, 2.05) is 0 Å². The minimum atomic E-state index is -0.505. The van der Waals surface area contributed by atoms with Crippen LogP contribution in [0.15, 0.2) is 49.2 Å². The lowest BCUT2D eigenvalue weighted by Gasteiger charge is -2.12. The van der Waals surface area contributed by atoms with E-state index in [9.17, 15) is 14.4 Å². The fraction of sp³-hybridized carbons (Fsp3) is 0.211. The van der Waals surface area contributed by atoms with Crippen LogP contribution < -0.4 is 10.6 Å². The number of amides is 2. The lowest BCUT2D eigenvalue weighted by atomic mass is 10.2. The minimum Gasteiger partial charge on any atom is -0.346 e. The molecule has 0 radical (unpaired) electrons. The zero-order valence-corrected chi connectivity index (χ0v) is 15.7. The molecule has 2 N–H and O–H groups in total. The molecule has 28 heavy (non-hydrogen) atoms. The summed E-state index contributed by atoms with van der Waals surface area (Å²) in [6, 6.07) is 7.79. The normalized spacial score (nSPS) is 11.7. The minimum absolute atomic E-state index is 0.102. The Balaban J connectivity index is 1.63. The number of carbonyl (C=O) groups is 3. The second-order valence-electron chi connectivity index (χ2n) is 6.35.